The smallest absolute Gasteiger partial charge is 0.220 e. The fourth-order valence-corrected chi connectivity index (χ4v) is 4.83. The maximum atomic E-state index is 11.7. The Labute approximate surface area is 173 Å². The predicted molar refractivity (Wildman–Crippen MR) is 115 cm³/mol. The van der Waals surface area contributed by atoms with E-state index in [4.69, 9.17) is 0 Å². The minimum atomic E-state index is 0. The Morgan fingerprint density at radius 1 is 1.42 bits per heavy atom. The number of hydrogen-bond acceptors (Lipinski definition) is 2. The molecule has 1 spiro atoms. The van der Waals surface area contributed by atoms with E-state index >= 15 is 0 Å². The van der Waals surface area contributed by atoms with Crippen LogP contribution in [0.1, 0.15) is 42.7 Å². The Bertz CT molecular complexity index is 692. The molecular weight excluding hydrogens is 439 g/mol. The van der Waals surface area contributed by atoms with Crippen LogP contribution in [0, 0.1) is 5.41 Å². The molecule has 2 atom stereocenters. The lowest BCUT2D eigenvalue weighted by molar-refractivity contribution is -0.119. The SMILES string of the molecule is CN=C(NCC1CCc2ccccc21)N1CCCC2(CNC(=O)C2)C1.I. The highest BCUT2D eigenvalue weighted by atomic mass is 127. The predicted octanol–water partition coefficient (Wildman–Crippen LogP) is 2.51. The number of hydrogen-bond donors (Lipinski definition) is 2. The van der Waals surface area contributed by atoms with Gasteiger partial charge in [-0.2, -0.15) is 0 Å². The Kier molecular flexibility index (Phi) is 6.10. The van der Waals surface area contributed by atoms with Crippen LogP contribution in [0.3, 0.4) is 0 Å². The molecular formula is C20H29IN4O. The molecule has 2 fully saturated rings. The van der Waals surface area contributed by atoms with E-state index in [2.05, 4.69) is 44.8 Å². The molecule has 0 bridgehead atoms. The molecule has 1 aromatic rings. The molecule has 2 heterocycles. The molecule has 2 aliphatic heterocycles. The molecule has 0 saturated carbocycles. The molecule has 1 aliphatic carbocycles. The summed E-state index contributed by atoms with van der Waals surface area (Å²) in [5.41, 5.74) is 3.09. The van der Waals surface area contributed by atoms with Crippen LogP contribution in [-0.4, -0.2) is 50.0 Å². The largest absolute Gasteiger partial charge is 0.356 e. The lowest BCUT2D eigenvalue weighted by atomic mass is 9.79. The summed E-state index contributed by atoms with van der Waals surface area (Å²) in [5, 5.41) is 6.63. The number of nitrogens with one attached hydrogen (secondary N) is 2. The van der Waals surface area contributed by atoms with Crippen molar-refractivity contribution in [1.29, 1.82) is 0 Å². The van der Waals surface area contributed by atoms with Gasteiger partial charge in [-0.1, -0.05) is 24.3 Å². The lowest BCUT2D eigenvalue weighted by Gasteiger charge is -2.41. The quantitative estimate of drug-likeness (QED) is 0.399. The molecule has 142 valence electrons. The van der Waals surface area contributed by atoms with Crippen LogP contribution in [-0.2, 0) is 11.2 Å². The normalized spacial score (nSPS) is 27.9. The van der Waals surface area contributed by atoms with Gasteiger partial charge < -0.3 is 15.5 Å². The lowest BCUT2D eigenvalue weighted by Crippen LogP contribution is -2.51. The number of carbonyl (C=O) groups is 1. The summed E-state index contributed by atoms with van der Waals surface area (Å²) in [4.78, 5) is 18.6. The van der Waals surface area contributed by atoms with E-state index in [0.29, 0.717) is 12.3 Å². The number of rotatable bonds is 2. The van der Waals surface area contributed by atoms with Crippen LogP contribution >= 0.6 is 24.0 Å². The number of aryl methyl sites for hydroxylation is 1. The zero-order valence-electron chi connectivity index (χ0n) is 15.5. The van der Waals surface area contributed by atoms with E-state index in [1.807, 2.05) is 7.05 Å². The number of likely N-dealkylation sites (tertiary alicyclic amines) is 1. The van der Waals surface area contributed by atoms with Crippen LogP contribution < -0.4 is 10.6 Å². The standard InChI is InChI=1S/C20H28N4O.HI/c1-21-19(22-12-16-8-7-15-5-2-3-6-17(15)16)24-10-4-9-20(14-24)11-18(25)23-13-20;/h2-3,5-6,16H,4,7-14H2,1H3,(H,21,22)(H,23,25);1H. The van der Waals surface area contributed by atoms with Crippen LogP contribution in [0.4, 0.5) is 0 Å². The first kappa shape index (κ1) is 19.5. The topological polar surface area (TPSA) is 56.7 Å². The van der Waals surface area contributed by atoms with Crippen molar-refractivity contribution in [2.75, 3.05) is 33.2 Å². The van der Waals surface area contributed by atoms with Gasteiger partial charge in [0.15, 0.2) is 5.96 Å². The summed E-state index contributed by atoms with van der Waals surface area (Å²) in [5.74, 6) is 1.76. The van der Waals surface area contributed by atoms with Crippen molar-refractivity contribution in [3.63, 3.8) is 0 Å². The highest BCUT2D eigenvalue weighted by Crippen LogP contribution is 2.36. The van der Waals surface area contributed by atoms with Crippen molar-refractivity contribution < 1.29 is 4.79 Å². The highest BCUT2D eigenvalue weighted by Gasteiger charge is 2.42. The molecule has 2 unspecified atom stereocenters. The number of nitrogens with zero attached hydrogens (tertiary/aromatic N) is 2. The number of benzene rings is 1. The van der Waals surface area contributed by atoms with Gasteiger partial charge >= 0.3 is 0 Å². The second kappa shape index (κ2) is 8.15. The molecule has 0 aromatic heterocycles. The number of amides is 1. The summed E-state index contributed by atoms with van der Waals surface area (Å²) >= 11 is 0. The van der Waals surface area contributed by atoms with Gasteiger partial charge in [0.05, 0.1) is 0 Å². The van der Waals surface area contributed by atoms with Crippen molar-refractivity contribution in [3.8, 4) is 0 Å². The number of fused-ring (bicyclic) bond motifs is 1. The highest BCUT2D eigenvalue weighted by molar-refractivity contribution is 14.0. The molecule has 2 N–H and O–H groups in total. The van der Waals surface area contributed by atoms with Gasteiger partial charge in [0.25, 0.3) is 0 Å². The van der Waals surface area contributed by atoms with Gasteiger partial charge in [0, 0.05) is 51.0 Å². The van der Waals surface area contributed by atoms with Gasteiger partial charge in [0.1, 0.15) is 0 Å². The van der Waals surface area contributed by atoms with E-state index in [9.17, 15) is 4.79 Å². The summed E-state index contributed by atoms with van der Waals surface area (Å²) in [7, 11) is 1.87. The molecule has 5 nitrogen and oxygen atoms in total. The van der Waals surface area contributed by atoms with E-state index in [1.54, 1.807) is 0 Å². The van der Waals surface area contributed by atoms with Crippen LogP contribution in [0.25, 0.3) is 0 Å². The zero-order valence-corrected chi connectivity index (χ0v) is 17.8. The van der Waals surface area contributed by atoms with E-state index in [0.717, 1.165) is 45.0 Å². The molecule has 26 heavy (non-hydrogen) atoms. The molecule has 1 amide bonds. The Balaban J connectivity index is 0.00000196. The van der Waals surface area contributed by atoms with Gasteiger partial charge in [-0.25, -0.2) is 0 Å². The van der Waals surface area contributed by atoms with Gasteiger partial charge in [-0.15, -0.1) is 24.0 Å². The van der Waals surface area contributed by atoms with Crippen molar-refractivity contribution in [3.05, 3.63) is 35.4 Å². The summed E-state index contributed by atoms with van der Waals surface area (Å²) in [6.07, 6.45) is 5.32. The maximum Gasteiger partial charge on any atom is 0.220 e. The summed E-state index contributed by atoms with van der Waals surface area (Å²) in [6.45, 7) is 3.70. The number of piperidine rings is 1. The average molecular weight is 468 g/mol. The van der Waals surface area contributed by atoms with E-state index in [-0.39, 0.29) is 35.3 Å². The number of guanidine groups is 1. The van der Waals surface area contributed by atoms with Crippen LogP contribution in [0.2, 0.25) is 0 Å². The molecule has 1 aromatic carbocycles. The second-order valence-electron chi connectivity index (χ2n) is 7.84. The monoisotopic (exact) mass is 468 g/mol. The van der Waals surface area contributed by atoms with E-state index < -0.39 is 0 Å². The third-order valence-corrected chi connectivity index (χ3v) is 6.13. The van der Waals surface area contributed by atoms with Crippen LogP contribution in [0.5, 0.6) is 0 Å². The Morgan fingerprint density at radius 2 is 2.27 bits per heavy atom. The molecule has 6 heteroatoms. The maximum absolute atomic E-state index is 11.7. The first-order valence-electron chi connectivity index (χ1n) is 9.49. The molecule has 0 radical (unpaired) electrons. The second-order valence-corrected chi connectivity index (χ2v) is 7.84. The zero-order chi connectivity index (χ0) is 17.3. The average Bonchev–Trinajstić information content (AvgIpc) is 3.20. The molecule has 2 saturated heterocycles. The number of carbonyl (C=O) groups excluding carboxylic acids is 1. The Hall–Kier alpha value is -1.31. The Morgan fingerprint density at radius 3 is 3.04 bits per heavy atom. The fourth-order valence-electron chi connectivity index (χ4n) is 4.83. The molecule has 4 rings (SSSR count). The summed E-state index contributed by atoms with van der Waals surface area (Å²) in [6, 6.07) is 8.80. The summed E-state index contributed by atoms with van der Waals surface area (Å²) < 4.78 is 0. The van der Waals surface area contributed by atoms with Gasteiger partial charge in [0.2, 0.25) is 5.91 Å². The molecule has 3 aliphatic rings. The fraction of sp³-hybridized carbons (Fsp3) is 0.600. The number of aliphatic imine (C=N–C) groups is 1. The van der Waals surface area contributed by atoms with Crippen molar-refractivity contribution >= 4 is 35.8 Å². The first-order valence-corrected chi connectivity index (χ1v) is 9.49. The van der Waals surface area contributed by atoms with Crippen molar-refractivity contribution in [2.24, 2.45) is 10.4 Å². The van der Waals surface area contributed by atoms with Crippen molar-refractivity contribution in [1.82, 2.24) is 15.5 Å². The minimum Gasteiger partial charge on any atom is -0.356 e. The van der Waals surface area contributed by atoms with E-state index in [1.165, 1.54) is 24.0 Å². The minimum absolute atomic E-state index is 0. The number of halogens is 1. The van der Waals surface area contributed by atoms with Gasteiger partial charge in [-0.3, -0.25) is 9.79 Å². The third-order valence-electron chi connectivity index (χ3n) is 6.13. The van der Waals surface area contributed by atoms with Crippen LogP contribution in [0.15, 0.2) is 29.3 Å². The third kappa shape index (κ3) is 3.85. The van der Waals surface area contributed by atoms with Crippen molar-refractivity contribution in [2.45, 2.75) is 38.0 Å². The van der Waals surface area contributed by atoms with Gasteiger partial charge in [-0.05, 0) is 36.8 Å². The first-order chi connectivity index (χ1) is 12.2.